The first-order valence-electron chi connectivity index (χ1n) is 6.95. The van der Waals surface area contributed by atoms with Gasteiger partial charge in [-0.05, 0) is 23.8 Å². The van der Waals surface area contributed by atoms with E-state index in [2.05, 4.69) is 4.74 Å². The third-order valence-corrected chi connectivity index (χ3v) is 3.00. The van der Waals surface area contributed by atoms with Crippen LogP contribution in [0.2, 0.25) is 0 Å². The van der Waals surface area contributed by atoms with Gasteiger partial charge in [-0.3, -0.25) is 4.79 Å². The summed E-state index contributed by atoms with van der Waals surface area (Å²) in [6, 6.07) is 2.88. The molecule has 0 fully saturated rings. The van der Waals surface area contributed by atoms with Gasteiger partial charge in [0, 0.05) is 6.08 Å². The van der Waals surface area contributed by atoms with Crippen LogP contribution in [0.4, 0.5) is 0 Å². The molecule has 0 bridgehead atoms. The molecule has 1 aromatic rings. The number of carbonyl (C=O) groups excluding carboxylic acids is 2. The maximum absolute atomic E-state index is 11.8. The first-order valence-corrected chi connectivity index (χ1v) is 6.95. The molecular weight excluding hydrogens is 336 g/mol. The van der Waals surface area contributed by atoms with Gasteiger partial charge in [0.2, 0.25) is 11.9 Å². The summed E-state index contributed by atoms with van der Waals surface area (Å²) >= 11 is 0. The second kappa shape index (κ2) is 9.16. The Bertz CT molecular complexity index is 653. The van der Waals surface area contributed by atoms with Crippen molar-refractivity contribution in [1.29, 1.82) is 0 Å². The fraction of sp³-hybridized carbons (Fsp3) is 0.312. The number of hydrogen-bond donors (Lipinski definition) is 2. The molecule has 25 heavy (non-hydrogen) atoms. The lowest BCUT2D eigenvalue weighted by Crippen LogP contribution is -2.30. The van der Waals surface area contributed by atoms with Crippen molar-refractivity contribution in [2.75, 3.05) is 21.3 Å². The van der Waals surface area contributed by atoms with Crippen LogP contribution in [-0.4, -0.2) is 55.6 Å². The molecule has 0 aliphatic heterocycles. The fourth-order valence-electron chi connectivity index (χ4n) is 1.82. The van der Waals surface area contributed by atoms with Crippen molar-refractivity contribution in [3.8, 4) is 17.2 Å². The summed E-state index contributed by atoms with van der Waals surface area (Å²) in [7, 11) is 3.75. The molecule has 0 saturated carbocycles. The van der Waals surface area contributed by atoms with Crippen molar-refractivity contribution in [2.45, 2.75) is 12.5 Å². The topological polar surface area (TPSA) is 129 Å². The minimum Gasteiger partial charge on any atom is -0.502 e. The standard InChI is InChI=1S/C16H18O9/c1-22-10-6-9(7-11(23-2)15(10)20)4-5-14(19)25-12(8-13(17)18)16(21)24-3/h4-7,12,20H,8H2,1-3H3,(H,17,18). The van der Waals surface area contributed by atoms with E-state index in [9.17, 15) is 19.5 Å². The van der Waals surface area contributed by atoms with Gasteiger partial charge in [-0.1, -0.05) is 0 Å². The second-order valence-electron chi connectivity index (χ2n) is 4.65. The Morgan fingerprint density at radius 2 is 1.68 bits per heavy atom. The van der Waals surface area contributed by atoms with Crippen LogP contribution < -0.4 is 9.47 Å². The van der Waals surface area contributed by atoms with Gasteiger partial charge in [0.15, 0.2) is 11.5 Å². The maximum atomic E-state index is 11.8. The molecule has 0 aliphatic carbocycles. The number of ether oxygens (including phenoxy) is 4. The third kappa shape index (κ3) is 5.72. The smallest absolute Gasteiger partial charge is 0.347 e. The highest BCUT2D eigenvalue weighted by atomic mass is 16.6. The molecule has 0 amide bonds. The molecule has 0 aliphatic rings. The van der Waals surface area contributed by atoms with E-state index in [0.29, 0.717) is 5.56 Å². The molecule has 9 heteroatoms. The van der Waals surface area contributed by atoms with E-state index in [0.717, 1.165) is 13.2 Å². The minimum absolute atomic E-state index is 0.130. The van der Waals surface area contributed by atoms with Crippen LogP contribution in [0.15, 0.2) is 18.2 Å². The van der Waals surface area contributed by atoms with Gasteiger partial charge in [0.1, 0.15) is 0 Å². The Morgan fingerprint density at radius 3 is 2.12 bits per heavy atom. The monoisotopic (exact) mass is 354 g/mol. The minimum atomic E-state index is -1.55. The number of carboxylic acid groups (broad SMARTS) is 1. The van der Waals surface area contributed by atoms with E-state index in [-0.39, 0.29) is 17.2 Å². The van der Waals surface area contributed by atoms with Crippen molar-refractivity contribution in [3.63, 3.8) is 0 Å². The summed E-state index contributed by atoms with van der Waals surface area (Å²) in [6.45, 7) is 0. The predicted octanol–water partition coefficient (Wildman–Crippen LogP) is 0.982. The van der Waals surface area contributed by atoms with Gasteiger partial charge in [0.05, 0.1) is 27.8 Å². The highest BCUT2D eigenvalue weighted by Gasteiger charge is 2.26. The quantitative estimate of drug-likeness (QED) is 0.518. The number of benzene rings is 1. The van der Waals surface area contributed by atoms with Crippen molar-refractivity contribution < 1.29 is 43.5 Å². The zero-order valence-electron chi connectivity index (χ0n) is 13.8. The van der Waals surface area contributed by atoms with Crippen molar-refractivity contribution in [1.82, 2.24) is 0 Å². The Kier molecular flexibility index (Phi) is 7.26. The van der Waals surface area contributed by atoms with Gasteiger partial charge < -0.3 is 29.2 Å². The lowest BCUT2D eigenvalue weighted by molar-refractivity contribution is -0.166. The van der Waals surface area contributed by atoms with E-state index < -0.39 is 30.4 Å². The summed E-state index contributed by atoms with van der Waals surface area (Å²) in [5, 5.41) is 18.5. The third-order valence-electron chi connectivity index (χ3n) is 3.00. The number of phenolic OH excluding ortho intramolecular Hbond substituents is 1. The molecule has 1 aromatic carbocycles. The average molecular weight is 354 g/mol. The van der Waals surface area contributed by atoms with Crippen LogP contribution in [0.5, 0.6) is 17.2 Å². The normalized spacial score (nSPS) is 11.6. The molecule has 1 unspecified atom stereocenters. The molecule has 9 nitrogen and oxygen atoms in total. The number of rotatable bonds is 8. The summed E-state index contributed by atoms with van der Waals surface area (Å²) in [4.78, 5) is 33.9. The van der Waals surface area contributed by atoms with Gasteiger partial charge in [-0.15, -0.1) is 0 Å². The highest BCUT2D eigenvalue weighted by Crippen LogP contribution is 2.37. The van der Waals surface area contributed by atoms with Crippen LogP contribution >= 0.6 is 0 Å². The number of carbonyl (C=O) groups is 3. The number of aromatic hydroxyl groups is 1. The molecule has 1 rings (SSSR count). The molecule has 2 N–H and O–H groups in total. The van der Waals surface area contributed by atoms with E-state index in [1.807, 2.05) is 0 Å². The molecule has 0 radical (unpaired) electrons. The van der Waals surface area contributed by atoms with Crippen LogP contribution in [0, 0.1) is 0 Å². The highest BCUT2D eigenvalue weighted by molar-refractivity contribution is 5.90. The van der Waals surface area contributed by atoms with Gasteiger partial charge in [-0.2, -0.15) is 0 Å². The molecule has 136 valence electrons. The molecular formula is C16H18O9. The number of phenols is 1. The molecule has 0 saturated heterocycles. The summed E-state index contributed by atoms with van der Waals surface area (Å²) < 4.78 is 19.1. The lowest BCUT2D eigenvalue weighted by Gasteiger charge is -2.12. The van der Waals surface area contributed by atoms with E-state index >= 15 is 0 Å². The summed E-state index contributed by atoms with van der Waals surface area (Å²) in [5.41, 5.74) is 0.441. The summed E-state index contributed by atoms with van der Waals surface area (Å²) in [6.07, 6.45) is 0.0430. The number of aliphatic carboxylic acids is 1. The van der Waals surface area contributed by atoms with E-state index in [1.165, 1.54) is 32.4 Å². The Hall–Kier alpha value is -3.23. The first kappa shape index (κ1) is 19.8. The SMILES string of the molecule is COC(=O)C(CC(=O)O)OC(=O)C=Cc1cc(OC)c(O)c(OC)c1. The van der Waals surface area contributed by atoms with Gasteiger partial charge >= 0.3 is 17.9 Å². The first-order chi connectivity index (χ1) is 11.8. The van der Waals surface area contributed by atoms with Crippen LogP contribution in [0.1, 0.15) is 12.0 Å². The number of hydrogen-bond acceptors (Lipinski definition) is 8. The Morgan fingerprint density at radius 1 is 1.12 bits per heavy atom. The van der Waals surface area contributed by atoms with Crippen LogP contribution in [0.3, 0.4) is 0 Å². The van der Waals surface area contributed by atoms with Crippen molar-refractivity contribution >= 4 is 24.0 Å². The Balaban J connectivity index is 2.91. The maximum Gasteiger partial charge on any atom is 0.347 e. The molecule has 0 heterocycles. The van der Waals surface area contributed by atoms with Crippen LogP contribution in [0.25, 0.3) is 6.08 Å². The number of carboxylic acids is 1. The van der Waals surface area contributed by atoms with E-state index in [1.54, 1.807) is 0 Å². The zero-order valence-corrected chi connectivity index (χ0v) is 13.8. The Labute approximate surface area is 143 Å². The average Bonchev–Trinajstić information content (AvgIpc) is 2.58. The van der Waals surface area contributed by atoms with Gasteiger partial charge in [-0.25, -0.2) is 9.59 Å². The second-order valence-corrected chi connectivity index (χ2v) is 4.65. The number of esters is 2. The number of methoxy groups -OCH3 is 3. The van der Waals surface area contributed by atoms with E-state index in [4.69, 9.17) is 19.3 Å². The molecule has 0 aromatic heterocycles. The molecule has 0 spiro atoms. The fourth-order valence-corrected chi connectivity index (χ4v) is 1.82. The largest absolute Gasteiger partial charge is 0.502 e. The van der Waals surface area contributed by atoms with Crippen molar-refractivity contribution in [2.24, 2.45) is 0 Å². The summed E-state index contributed by atoms with van der Waals surface area (Å²) in [5.74, 6) is -3.17. The molecule has 1 atom stereocenters. The lowest BCUT2D eigenvalue weighted by atomic mass is 10.1. The zero-order chi connectivity index (χ0) is 19.0. The van der Waals surface area contributed by atoms with Crippen molar-refractivity contribution in [3.05, 3.63) is 23.8 Å². The van der Waals surface area contributed by atoms with Gasteiger partial charge in [0.25, 0.3) is 0 Å². The van der Waals surface area contributed by atoms with Crippen LogP contribution in [-0.2, 0) is 23.9 Å². The predicted molar refractivity (Wildman–Crippen MR) is 84.4 cm³/mol.